The summed E-state index contributed by atoms with van der Waals surface area (Å²) in [5.41, 5.74) is 1.67. The lowest BCUT2D eigenvalue weighted by Crippen LogP contribution is -2.37. The Balaban J connectivity index is 1.57. The van der Waals surface area contributed by atoms with Gasteiger partial charge in [-0.3, -0.25) is 4.79 Å². The van der Waals surface area contributed by atoms with E-state index in [1.54, 1.807) is 35.6 Å². The van der Waals surface area contributed by atoms with Crippen molar-refractivity contribution in [2.45, 2.75) is 25.3 Å². The number of hydrogen-bond donors (Lipinski definition) is 0. The molecule has 2 aromatic carbocycles. The molecule has 1 fully saturated rings. The van der Waals surface area contributed by atoms with Crippen molar-refractivity contribution >= 4 is 33.5 Å². The van der Waals surface area contributed by atoms with Gasteiger partial charge < -0.3 is 4.90 Å². The van der Waals surface area contributed by atoms with Gasteiger partial charge in [-0.25, -0.2) is 9.37 Å². The Hall–Kier alpha value is -2.53. The minimum absolute atomic E-state index is 0.0193. The normalized spacial score (nSPS) is 17.9. The number of fused-ring (bicyclic) bond motifs is 1. The standard InChI is InChI=1S/C21H19FN2OS/c22-16-7-5-6-15(14-16)11-12-20(25)24-13-4-3-9-18(24)21-23-17-8-1-2-10-19(17)26-21/h1-2,5-8,10-12,14,18H,3-4,9,13H2/b12-11+. The Labute approximate surface area is 155 Å². The highest BCUT2D eigenvalue weighted by molar-refractivity contribution is 7.18. The van der Waals surface area contributed by atoms with Gasteiger partial charge in [-0.15, -0.1) is 11.3 Å². The van der Waals surface area contributed by atoms with Crippen molar-refractivity contribution < 1.29 is 9.18 Å². The third-order valence-corrected chi connectivity index (χ3v) is 5.79. The van der Waals surface area contributed by atoms with Gasteiger partial charge in [0, 0.05) is 12.6 Å². The molecule has 1 unspecified atom stereocenters. The molecule has 2 heterocycles. The van der Waals surface area contributed by atoms with Crippen LogP contribution in [0, 0.1) is 5.82 Å². The SMILES string of the molecule is O=C(/C=C/c1cccc(F)c1)N1CCCCC1c1nc2ccccc2s1. The van der Waals surface area contributed by atoms with Crippen LogP contribution in [0.3, 0.4) is 0 Å². The highest BCUT2D eigenvalue weighted by Gasteiger charge is 2.29. The van der Waals surface area contributed by atoms with Gasteiger partial charge in [-0.05, 0) is 55.2 Å². The molecule has 3 aromatic rings. The molecule has 0 bridgehead atoms. The number of piperidine rings is 1. The van der Waals surface area contributed by atoms with Crippen LogP contribution in [0.1, 0.15) is 35.9 Å². The van der Waals surface area contributed by atoms with E-state index in [2.05, 4.69) is 6.07 Å². The zero-order chi connectivity index (χ0) is 17.9. The number of rotatable bonds is 3. The number of likely N-dealkylation sites (tertiary alicyclic amines) is 1. The fourth-order valence-corrected chi connectivity index (χ4v) is 4.47. The van der Waals surface area contributed by atoms with Crippen molar-refractivity contribution in [3.05, 3.63) is 71.0 Å². The first kappa shape index (κ1) is 16.9. The number of aromatic nitrogens is 1. The number of benzene rings is 2. The van der Waals surface area contributed by atoms with Crippen LogP contribution in [0.2, 0.25) is 0 Å². The molecule has 1 aromatic heterocycles. The molecule has 1 amide bonds. The van der Waals surface area contributed by atoms with E-state index in [9.17, 15) is 9.18 Å². The highest BCUT2D eigenvalue weighted by Crippen LogP contribution is 2.35. The number of carbonyl (C=O) groups is 1. The first-order valence-electron chi connectivity index (χ1n) is 8.80. The van der Waals surface area contributed by atoms with Gasteiger partial charge in [-0.2, -0.15) is 0 Å². The highest BCUT2D eigenvalue weighted by atomic mass is 32.1. The average molecular weight is 366 g/mol. The predicted octanol–water partition coefficient (Wildman–Crippen LogP) is 5.20. The van der Waals surface area contributed by atoms with Gasteiger partial charge in [-0.1, -0.05) is 24.3 Å². The number of para-hydroxylation sites is 1. The molecule has 1 aliphatic rings. The largest absolute Gasteiger partial charge is 0.330 e. The van der Waals surface area contributed by atoms with E-state index in [-0.39, 0.29) is 17.8 Å². The van der Waals surface area contributed by atoms with Crippen LogP contribution >= 0.6 is 11.3 Å². The number of amides is 1. The van der Waals surface area contributed by atoms with Gasteiger partial charge in [0.05, 0.1) is 16.3 Å². The minimum Gasteiger partial charge on any atom is -0.330 e. The van der Waals surface area contributed by atoms with Crippen molar-refractivity contribution in [1.29, 1.82) is 0 Å². The van der Waals surface area contributed by atoms with Crippen molar-refractivity contribution in [2.24, 2.45) is 0 Å². The fraction of sp³-hybridized carbons (Fsp3) is 0.238. The van der Waals surface area contributed by atoms with E-state index in [4.69, 9.17) is 4.98 Å². The van der Waals surface area contributed by atoms with Gasteiger partial charge >= 0.3 is 0 Å². The summed E-state index contributed by atoms with van der Waals surface area (Å²) >= 11 is 1.66. The molecule has 3 nitrogen and oxygen atoms in total. The number of nitrogens with zero attached hydrogens (tertiary/aromatic N) is 2. The third-order valence-electron chi connectivity index (χ3n) is 4.65. The number of thiazole rings is 1. The molecular weight excluding hydrogens is 347 g/mol. The molecule has 1 atom stereocenters. The summed E-state index contributed by atoms with van der Waals surface area (Å²) in [4.78, 5) is 19.4. The Morgan fingerprint density at radius 3 is 2.92 bits per heavy atom. The van der Waals surface area contributed by atoms with Gasteiger partial charge in [0.25, 0.3) is 0 Å². The fourth-order valence-electron chi connectivity index (χ4n) is 3.36. The molecule has 0 aliphatic carbocycles. The number of carbonyl (C=O) groups excluding carboxylic acids is 1. The van der Waals surface area contributed by atoms with Gasteiger partial charge in [0.2, 0.25) is 5.91 Å². The van der Waals surface area contributed by atoms with Gasteiger partial charge in [0.1, 0.15) is 10.8 Å². The topological polar surface area (TPSA) is 33.2 Å². The smallest absolute Gasteiger partial charge is 0.247 e. The molecule has 0 saturated carbocycles. The van der Waals surface area contributed by atoms with E-state index in [0.29, 0.717) is 5.56 Å². The van der Waals surface area contributed by atoms with E-state index in [1.165, 1.54) is 12.1 Å². The lowest BCUT2D eigenvalue weighted by atomic mass is 10.0. The maximum Gasteiger partial charge on any atom is 0.247 e. The van der Waals surface area contributed by atoms with Crippen molar-refractivity contribution in [3.8, 4) is 0 Å². The molecule has 0 spiro atoms. The van der Waals surface area contributed by atoms with Crippen LogP contribution in [0.5, 0.6) is 0 Å². The second-order valence-electron chi connectivity index (χ2n) is 6.45. The van der Waals surface area contributed by atoms with Crippen LogP contribution in [-0.2, 0) is 4.79 Å². The molecule has 1 aliphatic heterocycles. The maximum absolute atomic E-state index is 13.3. The Morgan fingerprint density at radius 1 is 1.19 bits per heavy atom. The van der Waals surface area contributed by atoms with Crippen LogP contribution in [0.25, 0.3) is 16.3 Å². The average Bonchev–Trinajstić information content (AvgIpc) is 3.10. The molecule has 5 heteroatoms. The van der Waals surface area contributed by atoms with Crippen LogP contribution < -0.4 is 0 Å². The monoisotopic (exact) mass is 366 g/mol. The molecule has 1 saturated heterocycles. The van der Waals surface area contributed by atoms with Crippen molar-refractivity contribution in [2.75, 3.05) is 6.54 Å². The molecular formula is C21H19FN2OS. The Morgan fingerprint density at radius 2 is 2.08 bits per heavy atom. The number of hydrogen-bond acceptors (Lipinski definition) is 3. The summed E-state index contributed by atoms with van der Waals surface area (Å²) in [6, 6.07) is 14.3. The summed E-state index contributed by atoms with van der Waals surface area (Å²) in [7, 11) is 0. The maximum atomic E-state index is 13.3. The summed E-state index contributed by atoms with van der Waals surface area (Å²) < 4.78 is 14.4. The third kappa shape index (κ3) is 3.53. The van der Waals surface area contributed by atoms with Crippen LogP contribution in [0.15, 0.2) is 54.6 Å². The summed E-state index contributed by atoms with van der Waals surface area (Å²) in [5.74, 6) is -0.344. The molecule has 0 N–H and O–H groups in total. The van der Waals surface area contributed by atoms with Crippen LogP contribution in [0.4, 0.5) is 4.39 Å². The lowest BCUT2D eigenvalue weighted by Gasteiger charge is -2.33. The second kappa shape index (κ2) is 7.38. The molecule has 132 valence electrons. The van der Waals surface area contributed by atoms with E-state index < -0.39 is 0 Å². The first-order valence-corrected chi connectivity index (χ1v) is 9.62. The van der Waals surface area contributed by atoms with Crippen LogP contribution in [-0.4, -0.2) is 22.3 Å². The minimum atomic E-state index is -0.301. The molecule has 0 radical (unpaired) electrons. The summed E-state index contributed by atoms with van der Waals surface area (Å²) in [5, 5.41) is 0.999. The summed E-state index contributed by atoms with van der Waals surface area (Å²) in [6.07, 6.45) is 6.24. The van der Waals surface area contributed by atoms with Crippen molar-refractivity contribution in [1.82, 2.24) is 9.88 Å². The zero-order valence-electron chi connectivity index (χ0n) is 14.3. The Kier molecular flexibility index (Phi) is 4.80. The quantitative estimate of drug-likeness (QED) is 0.597. The van der Waals surface area contributed by atoms with Gasteiger partial charge in [0.15, 0.2) is 0 Å². The van der Waals surface area contributed by atoms with E-state index >= 15 is 0 Å². The molecule has 26 heavy (non-hydrogen) atoms. The number of halogens is 1. The summed E-state index contributed by atoms with van der Waals surface area (Å²) in [6.45, 7) is 0.729. The predicted molar refractivity (Wildman–Crippen MR) is 103 cm³/mol. The van der Waals surface area contributed by atoms with Crippen molar-refractivity contribution in [3.63, 3.8) is 0 Å². The second-order valence-corrected chi connectivity index (χ2v) is 7.51. The van der Waals surface area contributed by atoms with E-state index in [1.807, 2.05) is 23.1 Å². The molecule has 4 rings (SSSR count). The lowest BCUT2D eigenvalue weighted by molar-refractivity contribution is -0.129. The van der Waals surface area contributed by atoms with E-state index in [0.717, 1.165) is 41.0 Å². The zero-order valence-corrected chi connectivity index (χ0v) is 15.1. The Bertz CT molecular complexity index is 932. The first-order chi connectivity index (χ1) is 12.7.